The fourth-order valence-corrected chi connectivity index (χ4v) is 5.36. The van der Waals surface area contributed by atoms with Gasteiger partial charge in [0.15, 0.2) is 0 Å². The average molecular weight is 339 g/mol. The number of anilines is 1. The summed E-state index contributed by atoms with van der Waals surface area (Å²) in [7, 11) is 0. The monoisotopic (exact) mass is 339 g/mol. The van der Waals surface area contributed by atoms with Gasteiger partial charge in [0.25, 0.3) is 5.91 Å². The third-order valence-electron chi connectivity index (χ3n) is 3.20. The Morgan fingerprint density at radius 1 is 1.29 bits per heavy atom. The lowest BCUT2D eigenvalue weighted by molar-refractivity contribution is 0.0701. The van der Waals surface area contributed by atoms with Gasteiger partial charge in [0, 0.05) is 10.6 Å². The fourth-order valence-electron chi connectivity index (χ4n) is 2.19. The van der Waals surface area contributed by atoms with E-state index in [1.54, 1.807) is 24.3 Å². The van der Waals surface area contributed by atoms with Crippen molar-refractivity contribution in [2.24, 2.45) is 0 Å². The standard InChI is InChI=1S/C14H13NO3S3/c1-7-4-11(21-12(7)14(17)18)15-13(16)10-5-8-6-19-3-2-9(8)20-10/h4-5H,2-3,6H2,1H3,(H,15,16)(H,17,18). The molecule has 0 saturated carbocycles. The van der Waals surface area contributed by atoms with Crippen molar-refractivity contribution in [3.63, 3.8) is 0 Å². The highest BCUT2D eigenvalue weighted by Crippen LogP contribution is 2.33. The van der Waals surface area contributed by atoms with Gasteiger partial charge in [-0.2, -0.15) is 11.8 Å². The number of aromatic carboxylic acids is 1. The van der Waals surface area contributed by atoms with Crippen LogP contribution in [0.5, 0.6) is 0 Å². The number of carboxylic acid groups (broad SMARTS) is 1. The van der Waals surface area contributed by atoms with E-state index in [0.29, 0.717) is 15.4 Å². The normalized spacial score (nSPS) is 13.8. The predicted octanol–water partition coefficient (Wildman–Crippen LogP) is 3.86. The lowest BCUT2D eigenvalue weighted by Crippen LogP contribution is -2.08. The molecule has 4 nitrogen and oxygen atoms in total. The van der Waals surface area contributed by atoms with Crippen LogP contribution in [0.1, 0.15) is 35.3 Å². The lowest BCUT2D eigenvalue weighted by atomic mass is 10.2. The number of carbonyl (C=O) groups is 2. The van der Waals surface area contributed by atoms with Gasteiger partial charge < -0.3 is 10.4 Å². The van der Waals surface area contributed by atoms with Crippen molar-refractivity contribution in [3.05, 3.63) is 37.9 Å². The van der Waals surface area contributed by atoms with Crippen LogP contribution in [-0.4, -0.2) is 22.7 Å². The molecule has 0 bridgehead atoms. The maximum Gasteiger partial charge on any atom is 0.346 e. The van der Waals surface area contributed by atoms with Gasteiger partial charge in [-0.25, -0.2) is 4.79 Å². The number of rotatable bonds is 3. The Hall–Kier alpha value is -1.31. The number of hydrogen-bond donors (Lipinski definition) is 2. The Bertz CT molecular complexity index is 694. The van der Waals surface area contributed by atoms with Crippen molar-refractivity contribution >= 4 is 51.3 Å². The summed E-state index contributed by atoms with van der Waals surface area (Å²) in [6.45, 7) is 1.73. The highest BCUT2D eigenvalue weighted by atomic mass is 32.2. The van der Waals surface area contributed by atoms with Crippen LogP contribution in [0.25, 0.3) is 0 Å². The number of nitrogens with one attached hydrogen (secondary N) is 1. The van der Waals surface area contributed by atoms with Crippen LogP contribution in [0, 0.1) is 6.92 Å². The van der Waals surface area contributed by atoms with E-state index in [2.05, 4.69) is 5.32 Å². The molecule has 21 heavy (non-hydrogen) atoms. The lowest BCUT2D eigenvalue weighted by Gasteiger charge is -2.08. The van der Waals surface area contributed by atoms with Crippen LogP contribution >= 0.6 is 34.4 Å². The van der Waals surface area contributed by atoms with Gasteiger partial charge in [-0.1, -0.05) is 0 Å². The zero-order valence-electron chi connectivity index (χ0n) is 11.3. The zero-order valence-corrected chi connectivity index (χ0v) is 13.7. The van der Waals surface area contributed by atoms with Crippen molar-refractivity contribution in [2.75, 3.05) is 11.1 Å². The molecule has 1 aliphatic rings. The second-order valence-corrected chi connectivity index (χ2v) is 8.04. The molecule has 0 fully saturated rings. The van der Waals surface area contributed by atoms with Crippen LogP contribution in [0.4, 0.5) is 5.00 Å². The summed E-state index contributed by atoms with van der Waals surface area (Å²) in [5.41, 5.74) is 1.93. The molecule has 3 rings (SSSR count). The first kappa shape index (κ1) is 14.6. The van der Waals surface area contributed by atoms with Crippen molar-refractivity contribution in [1.82, 2.24) is 0 Å². The topological polar surface area (TPSA) is 66.4 Å². The van der Waals surface area contributed by atoms with Crippen LogP contribution in [0.2, 0.25) is 0 Å². The summed E-state index contributed by atoms with van der Waals surface area (Å²) >= 11 is 4.52. The number of hydrogen-bond acceptors (Lipinski definition) is 5. The van der Waals surface area contributed by atoms with E-state index in [-0.39, 0.29) is 10.8 Å². The van der Waals surface area contributed by atoms with E-state index in [9.17, 15) is 9.59 Å². The summed E-state index contributed by atoms with van der Waals surface area (Å²) in [6.07, 6.45) is 1.03. The number of fused-ring (bicyclic) bond motifs is 1. The first-order valence-electron chi connectivity index (χ1n) is 6.39. The summed E-state index contributed by atoms with van der Waals surface area (Å²) < 4.78 is 0. The smallest absolute Gasteiger partial charge is 0.346 e. The molecule has 3 heterocycles. The van der Waals surface area contributed by atoms with E-state index >= 15 is 0 Å². The van der Waals surface area contributed by atoms with Crippen LogP contribution in [-0.2, 0) is 12.2 Å². The molecule has 0 unspecified atom stereocenters. The van der Waals surface area contributed by atoms with E-state index in [1.807, 2.05) is 17.8 Å². The quantitative estimate of drug-likeness (QED) is 0.891. The second-order valence-electron chi connectivity index (χ2n) is 4.74. The Balaban J connectivity index is 1.78. The minimum atomic E-state index is -0.957. The van der Waals surface area contributed by atoms with Crippen molar-refractivity contribution < 1.29 is 14.7 Å². The average Bonchev–Trinajstić information content (AvgIpc) is 3.02. The summed E-state index contributed by atoms with van der Waals surface area (Å²) in [6, 6.07) is 3.66. The van der Waals surface area contributed by atoms with Gasteiger partial charge in [-0.05, 0) is 42.4 Å². The van der Waals surface area contributed by atoms with Crippen molar-refractivity contribution in [3.8, 4) is 0 Å². The Kier molecular flexibility index (Phi) is 4.05. The third kappa shape index (κ3) is 3.00. The molecule has 0 spiro atoms. The number of carboxylic acids is 1. The Morgan fingerprint density at radius 3 is 2.76 bits per heavy atom. The van der Waals surface area contributed by atoms with Gasteiger partial charge in [-0.3, -0.25) is 4.79 Å². The first-order valence-corrected chi connectivity index (χ1v) is 9.18. The van der Waals surface area contributed by atoms with Crippen LogP contribution in [0.3, 0.4) is 0 Å². The highest BCUT2D eigenvalue weighted by molar-refractivity contribution is 7.98. The van der Waals surface area contributed by atoms with Gasteiger partial charge >= 0.3 is 5.97 Å². The zero-order chi connectivity index (χ0) is 15.0. The number of aryl methyl sites for hydroxylation is 2. The number of amides is 1. The molecule has 0 aromatic carbocycles. The summed E-state index contributed by atoms with van der Waals surface area (Å²) in [5, 5.41) is 12.4. The van der Waals surface area contributed by atoms with E-state index < -0.39 is 5.97 Å². The molecule has 2 N–H and O–H groups in total. The number of carbonyl (C=O) groups excluding carboxylic acids is 1. The molecule has 0 saturated heterocycles. The molecular weight excluding hydrogens is 326 g/mol. The molecule has 110 valence electrons. The fraction of sp³-hybridized carbons (Fsp3) is 0.286. The number of thioether (sulfide) groups is 1. The highest BCUT2D eigenvalue weighted by Gasteiger charge is 2.19. The summed E-state index contributed by atoms with van der Waals surface area (Å²) in [5.74, 6) is 0.973. The maximum atomic E-state index is 12.3. The van der Waals surface area contributed by atoms with E-state index in [0.717, 1.165) is 29.3 Å². The third-order valence-corrected chi connectivity index (χ3v) is 6.58. The molecular formula is C14H13NO3S3. The molecule has 1 amide bonds. The minimum Gasteiger partial charge on any atom is -0.477 e. The molecule has 0 aliphatic carbocycles. The number of thiophene rings is 2. The molecule has 7 heteroatoms. The largest absolute Gasteiger partial charge is 0.477 e. The summed E-state index contributed by atoms with van der Waals surface area (Å²) in [4.78, 5) is 25.6. The minimum absolute atomic E-state index is 0.155. The maximum absolute atomic E-state index is 12.3. The van der Waals surface area contributed by atoms with Gasteiger partial charge in [0.1, 0.15) is 4.88 Å². The molecule has 0 radical (unpaired) electrons. The van der Waals surface area contributed by atoms with Crippen molar-refractivity contribution in [2.45, 2.75) is 19.1 Å². The van der Waals surface area contributed by atoms with Crippen molar-refractivity contribution in [1.29, 1.82) is 0 Å². The van der Waals surface area contributed by atoms with Crippen LogP contribution < -0.4 is 5.32 Å². The molecule has 2 aromatic rings. The predicted molar refractivity (Wildman–Crippen MR) is 88.2 cm³/mol. The van der Waals surface area contributed by atoms with Gasteiger partial charge in [0.05, 0.1) is 9.88 Å². The Morgan fingerprint density at radius 2 is 2.10 bits per heavy atom. The molecule has 2 aromatic heterocycles. The van der Waals surface area contributed by atoms with E-state index in [4.69, 9.17) is 5.11 Å². The molecule has 0 atom stereocenters. The van der Waals surface area contributed by atoms with Gasteiger partial charge in [-0.15, -0.1) is 22.7 Å². The first-order chi connectivity index (χ1) is 10.0. The van der Waals surface area contributed by atoms with Crippen LogP contribution in [0.15, 0.2) is 12.1 Å². The Labute approximate surface area is 134 Å². The van der Waals surface area contributed by atoms with Gasteiger partial charge in [0.2, 0.25) is 0 Å². The van der Waals surface area contributed by atoms with E-state index in [1.165, 1.54) is 10.4 Å². The second kappa shape index (κ2) is 5.82. The SMILES string of the molecule is Cc1cc(NC(=O)c2cc3c(s2)CCSC3)sc1C(=O)O. The molecule has 1 aliphatic heterocycles.